The lowest BCUT2D eigenvalue weighted by molar-refractivity contribution is 1.17. The number of H-pyrrole nitrogens is 2. The van der Waals surface area contributed by atoms with Gasteiger partial charge in [-0.15, -0.1) is 0 Å². The Hall–Kier alpha value is -2.43. The van der Waals surface area contributed by atoms with Gasteiger partial charge in [-0.1, -0.05) is 0 Å². The Balaban J connectivity index is 2.79. The quantitative estimate of drug-likeness (QED) is 0.541. The highest BCUT2D eigenvalue weighted by atomic mass is 16.1. The van der Waals surface area contributed by atoms with Gasteiger partial charge in [-0.25, -0.2) is 4.98 Å². The molecule has 16 heavy (non-hydrogen) atoms. The van der Waals surface area contributed by atoms with E-state index in [1.807, 2.05) is 0 Å². The number of hydrogen-bond donors (Lipinski definition) is 2. The maximum atomic E-state index is 11.7. The molecule has 0 saturated carbocycles. The van der Waals surface area contributed by atoms with Gasteiger partial charge in [-0.2, -0.15) is 0 Å². The fraction of sp³-hybridized carbons (Fsp3) is 0. The van der Waals surface area contributed by atoms with Crippen LogP contribution < -0.4 is 11.0 Å². The molecule has 2 N–H and O–H groups in total. The molecule has 0 bridgehead atoms. The number of rotatable bonds is 0. The summed E-state index contributed by atoms with van der Waals surface area (Å²) >= 11 is 0. The third-order valence-electron chi connectivity index (χ3n) is 2.53. The van der Waals surface area contributed by atoms with E-state index in [9.17, 15) is 9.59 Å². The lowest BCUT2D eigenvalue weighted by Gasteiger charge is -2.00. The standard InChI is InChI=1S/C11H7N3O2/c15-8-3-4-12-6-1-2-7-10(9(6)8)11(16)14-5-13-7/h1-5H,(H,12,15)(H,13,14,16). The molecule has 0 aliphatic heterocycles. The zero-order valence-corrected chi connectivity index (χ0v) is 8.15. The number of nitrogens with zero attached hydrogens (tertiary/aromatic N) is 1. The highest BCUT2D eigenvalue weighted by molar-refractivity contribution is 6.03. The minimum atomic E-state index is -0.299. The Bertz CT molecular complexity index is 733. The molecule has 0 unspecified atom stereocenters. The Morgan fingerprint density at radius 2 is 1.88 bits per heavy atom. The van der Waals surface area contributed by atoms with Gasteiger partial charge in [0.2, 0.25) is 0 Å². The summed E-state index contributed by atoms with van der Waals surface area (Å²) in [5.41, 5.74) is 0.677. The van der Waals surface area contributed by atoms with Gasteiger partial charge in [0.15, 0.2) is 5.43 Å². The third-order valence-corrected chi connectivity index (χ3v) is 2.53. The molecule has 0 fully saturated rings. The second-order valence-electron chi connectivity index (χ2n) is 3.46. The van der Waals surface area contributed by atoms with Crippen LogP contribution in [0.2, 0.25) is 0 Å². The van der Waals surface area contributed by atoms with E-state index in [2.05, 4.69) is 15.0 Å². The second-order valence-corrected chi connectivity index (χ2v) is 3.46. The van der Waals surface area contributed by atoms with Crippen LogP contribution in [0, 0.1) is 0 Å². The molecule has 2 heterocycles. The van der Waals surface area contributed by atoms with Crippen molar-refractivity contribution in [2.24, 2.45) is 0 Å². The first-order valence-corrected chi connectivity index (χ1v) is 4.75. The van der Waals surface area contributed by atoms with Crippen LogP contribution in [-0.2, 0) is 0 Å². The van der Waals surface area contributed by atoms with Gasteiger partial charge in [-0.3, -0.25) is 9.59 Å². The van der Waals surface area contributed by atoms with Gasteiger partial charge >= 0.3 is 0 Å². The summed E-state index contributed by atoms with van der Waals surface area (Å²) in [6.07, 6.45) is 2.88. The maximum absolute atomic E-state index is 11.7. The summed E-state index contributed by atoms with van der Waals surface area (Å²) < 4.78 is 0. The molecule has 1 aromatic carbocycles. The van der Waals surface area contributed by atoms with E-state index in [0.29, 0.717) is 21.8 Å². The summed E-state index contributed by atoms with van der Waals surface area (Å²) in [5.74, 6) is 0. The van der Waals surface area contributed by atoms with E-state index < -0.39 is 0 Å². The fourth-order valence-electron chi connectivity index (χ4n) is 1.83. The Morgan fingerprint density at radius 1 is 1.00 bits per heavy atom. The lowest BCUT2D eigenvalue weighted by Crippen LogP contribution is -2.11. The van der Waals surface area contributed by atoms with Crippen LogP contribution >= 0.6 is 0 Å². The van der Waals surface area contributed by atoms with E-state index >= 15 is 0 Å². The van der Waals surface area contributed by atoms with Crippen LogP contribution in [0.15, 0.2) is 40.3 Å². The van der Waals surface area contributed by atoms with Crippen LogP contribution in [0.25, 0.3) is 21.8 Å². The number of benzene rings is 1. The number of fused-ring (bicyclic) bond motifs is 3. The summed E-state index contributed by atoms with van der Waals surface area (Å²) in [4.78, 5) is 32.9. The molecule has 0 radical (unpaired) electrons. The van der Waals surface area contributed by atoms with Crippen molar-refractivity contribution >= 4 is 21.8 Å². The molecule has 0 aliphatic carbocycles. The Kier molecular flexibility index (Phi) is 1.67. The maximum Gasteiger partial charge on any atom is 0.259 e. The average molecular weight is 213 g/mol. The van der Waals surface area contributed by atoms with Gasteiger partial charge in [0, 0.05) is 12.3 Å². The molecule has 2 aromatic heterocycles. The number of aromatic nitrogens is 3. The third kappa shape index (κ3) is 1.08. The zero-order chi connectivity index (χ0) is 11.1. The summed E-state index contributed by atoms with van der Waals surface area (Å²) in [5, 5.41) is 0.719. The van der Waals surface area contributed by atoms with Gasteiger partial charge in [0.25, 0.3) is 5.56 Å². The van der Waals surface area contributed by atoms with E-state index in [0.717, 1.165) is 0 Å². The first-order chi connectivity index (χ1) is 7.77. The minimum absolute atomic E-state index is 0.183. The molecular formula is C11H7N3O2. The molecule has 3 aromatic rings. The number of hydrogen-bond acceptors (Lipinski definition) is 3. The monoisotopic (exact) mass is 213 g/mol. The number of pyridine rings is 1. The predicted octanol–water partition coefficient (Wildman–Crippen LogP) is 0.765. The molecule has 0 spiro atoms. The number of nitrogens with one attached hydrogen (secondary N) is 2. The lowest BCUT2D eigenvalue weighted by atomic mass is 10.1. The highest BCUT2D eigenvalue weighted by Crippen LogP contribution is 2.15. The SMILES string of the molecule is O=c1[nH]cnc2ccc3[nH]ccc(=O)c3c12. The van der Waals surface area contributed by atoms with E-state index in [1.165, 1.54) is 12.4 Å². The second kappa shape index (κ2) is 3.03. The van der Waals surface area contributed by atoms with E-state index in [1.54, 1.807) is 18.3 Å². The molecule has 78 valence electrons. The van der Waals surface area contributed by atoms with E-state index in [4.69, 9.17) is 0 Å². The topological polar surface area (TPSA) is 78.6 Å². The Labute approximate surface area is 88.8 Å². The fourth-order valence-corrected chi connectivity index (χ4v) is 1.83. The smallest absolute Gasteiger partial charge is 0.259 e. The molecule has 0 atom stereocenters. The molecular weight excluding hydrogens is 206 g/mol. The Morgan fingerprint density at radius 3 is 2.75 bits per heavy atom. The number of aromatic amines is 2. The van der Waals surface area contributed by atoms with Gasteiger partial charge in [-0.05, 0) is 12.1 Å². The molecule has 3 rings (SSSR count). The van der Waals surface area contributed by atoms with Crippen molar-refractivity contribution in [2.75, 3.05) is 0 Å². The van der Waals surface area contributed by atoms with Crippen molar-refractivity contribution in [3.8, 4) is 0 Å². The summed E-state index contributed by atoms with van der Waals surface area (Å²) in [7, 11) is 0. The molecule has 5 heteroatoms. The predicted molar refractivity (Wildman–Crippen MR) is 60.5 cm³/mol. The van der Waals surface area contributed by atoms with Crippen LogP contribution in [0.5, 0.6) is 0 Å². The first-order valence-electron chi connectivity index (χ1n) is 4.75. The molecule has 0 amide bonds. The van der Waals surface area contributed by atoms with Crippen molar-refractivity contribution < 1.29 is 0 Å². The largest absolute Gasteiger partial charge is 0.361 e. The summed E-state index contributed by atoms with van der Waals surface area (Å²) in [6, 6.07) is 4.85. The van der Waals surface area contributed by atoms with Gasteiger partial charge in [0.05, 0.1) is 28.1 Å². The summed E-state index contributed by atoms with van der Waals surface area (Å²) in [6.45, 7) is 0. The van der Waals surface area contributed by atoms with E-state index in [-0.39, 0.29) is 11.0 Å². The molecule has 0 aliphatic rings. The van der Waals surface area contributed by atoms with Gasteiger partial charge < -0.3 is 9.97 Å². The van der Waals surface area contributed by atoms with Crippen molar-refractivity contribution in [1.29, 1.82) is 0 Å². The first kappa shape index (κ1) is 8.84. The van der Waals surface area contributed by atoms with Crippen molar-refractivity contribution in [3.05, 3.63) is 51.3 Å². The van der Waals surface area contributed by atoms with Crippen molar-refractivity contribution in [3.63, 3.8) is 0 Å². The highest BCUT2D eigenvalue weighted by Gasteiger charge is 2.07. The molecule has 5 nitrogen and oxygen atoms in total. The van der Waals surface area contributed by atoms with Crippen LogP contribution in [0.3, 0.4) is 0 Å². The van der Waals surface area contributed by atoms with Gasteiger partial charge in [0.1, 0.15) is 0 Å². The molecule has 0 saturated heterocycles. The van der Waals surface area contributed by atoms with Crippen LogP contribution in [0.1, 0.15) is 0 Å². The minimum Gasteiger partial charge on any atom is -0.361 e. The van der Waals surface area contributed by atoms with Crippen LogP contribution in [-0.4, -0.2) is 15.0 Å². The average Bonchev–Trinajstić information content (AvgIpc) is 2.29. The normalized spacial score (nSPS) is 11.0. The van der Waals surface area contributed by atoms with Crippen LogP contribution in [0.4, 0.5) is 0 Å². The van der Waals surface area contributed by atoms with Crippen molar-refractivity contribution in [1.82, 2.24) is 15.0 Å². The van der Waals surface area contributed by atoms with Crippen molar-refractivity contribution in [2.45, 2.75) is 0 Å². The zero-order valence-electron chi connectivity index (χ0n) is 8.15.